The van der Waals surface area contributed by atoms with E-state index >= 15 is 0 Å². The van der Waals surface area contributed by atoms with Gasteiger partial charge in [0.1, 0.15) is 11.5 Å². The van der Waals surface area contributed by atoms with Gasteiger partial charge in [-0.25, -0.2) is 8.42 Å². The second-order valence-corrected chi connectivity index (χ2v) is 10.5. The monoisotopic (exact) mass is 517 g/mol. The standard InChI is InChI=1S/C26H29F2N3O4S/c1-34-23-8-4-9-24(16-23)36(32,33)31(18-20-6-5-13-29-17-20)22-11-14-30(15-12-22)19-21-7-2-3-10-25(21)35-26(27)28/h2-10,13,16-17,22,26H,11-12,14-15,18-19H2,1H3. The summed E-state index contributed by atoms with van der Waals surface area (Å²) in [7, 11) is -2.32. The molecule has 2 aromatic carbocycles. The predicted molar refractivity (Wildman–Crippen MR) is 131 cm³/mol. The number of methoxy groups -OCH3 is 1. The van der Waals surface area contributed by atoms with Crippen molar-refractivity contribution in [1.82, 2.24) is 14.2 Å². The molecule has 0 atom stereocenters. The zero-order chi connectivity index (χ0) is 25.5. The topological polar surface area (TPSA) is 72.0 Å². The van der Waals surface area contributed by atoms with Crippen LogP contribution in [0, 0.1) is 0 Å². The molecule has 3 aromatic rings. The molecule has 0 amide bonds. The maximum Gasteiger partial charge on any atom is 0.387 e. The van der Waals surface area contributed by atoms with Crippen LogP contribution in [-0.4, -0.2) is 55.5 Å². The zero-order valence-corrected chi connectivity index (χ0v) is 20.8. The molecule has 10 heteroatoms. The van der Waals surface area contributed by atoms with Gasteiger partial charge in [0, 0.05) is 56.2 Å². The van der Waals surface area contributed by atoms with Gasteiger partial charge >= 0.3 is 6.61 Å². The summed E-state index contributed by atoms with van der Waals surface area (Å²) < 4.78 is 64.6. The van der Waals surface area contributed by atoms with Crippen molar-refractivity contribution in [2.75, 3.05) is 20.2 Å². The zero-order valence-electron chi connectivity index (χ0n) is 20.0. The highest BCUT2D eigenvalue weighted by atomic mass is 32.2. The molecule has 1 saturated heterocycles. The number of rotatable bonds is 10. The fourth-order valence-electron chi connectivity index (χ4n) is 4.43. The van der Waals surface area contributed by atoms with Gasteiger partial charge < -0.3 is 9.47 Å². The van der Waals surface area contributed by atoms with Crippen LogP contribution in [0.2, 0.25) is 0 Å². The Hall–Kier alpha value is -3.08. The van der Waals surface area contributed by atoms with E-state index < -0.39 is 16.6 Å². The van der Waals surface area contributed by atoms with Gasteiger partial charge in [0.15, 0.2) is 0 Å². The molecule has 2 heterocycles. The van der Waals surface area contributed by atoms with Gasteiger partial charge in [0.2, 0.25) is 10.0 Å². The molecule has 1 fully saturated rings. The van der Waals surface area contributed by atoms with E-state index in [2.05, 4.69) is 14.6 Å². The van der Waals surface area contributed by atoms with Crippen molar-refractivity contribution in [1.29, 1.82) is 0 Å². The van der Waals surface area contributed by atoms with Crippen LogP contribution >= 0.6 is 0 Å². The molecule has 0 saturated carbocycles. The highest BCUT2D eigenvalue weighted by Gasteiger charge is 2.34. The van der Waals surface area contributed by atoms with E-state index in [0.29, 0.717) is 43.8 Å². The van der Waals surface area contributed by atoms with E-state index in [-0.39, 0.29) is 23.2 Å². The highest BCUT2D eigenvalue weighted by molar-refractivity contribution is 7.89. The van der Waals surface area contributed by atoms with Crippen LogP contribution in [-0.2, 0) is 23.1 Å². The highest BCUT2D eigenvalue weighted by Crippen LogP contribution is 2.29. The van der Waals surface area contributed by atoms with Gasteiger partial charge in [-0.2, -0.15) is 13.1 Å². The Balaban J connectivity index is 1.52. The largest absolute Gasteiger partial charge is 0.497 e. The number of piperidine rings is 1. The SMILES string of the molecule is COc1cccc(S(=O)(=O)N(Cc2cccnc2)C2CCN(Cc3ccccc3OC(F)F)CC2)c1. The van der Waals surface area contributed by atoms with Gasteiger partial charge in [-0.05, 0) is 42.7 Å². The summed E-state index contributed by atoms with van der Waals surface area (Å²) in [6, 6.07) is 16.6. The fraction of sp³-hybridized carbons (Fsp3) is 0.346. The Morgan fingerprint density at radius 1 is 1.08 bits per heavy atom. The van der Waals surface area contributed by atoms with Crippen LogP contribution in [0.3, 0.4) is 0 Å². The molecule has 1 aliphatic heterocycles. The number of alkyl halides is 2. The van der Waals surface area contributed by atoms with Gasteiger partial charge in [-0.3, -0.25) is 9.88 Å². The Morgan fingerprint density at radius 2 is 1.86 bits per heavy atom. The molecule has 0 spiro atoms. The molecule has 192 valence electrons. The summed E-state index contributed by atoms with van der Waals surface area (Å²) >= 11 is 0. The van der Waals surface area contributed by atoms with Crippen LogP contribution in [0.5, 0.6) is 11.5 Å². The van der Waals surface area contributed by atoms with E-state index in [0.717, 1.165) is 5.56 Å². The van der Waals surface area contributed by atoms with Gasteiger partial charge in [0.05, 0.1) is 12.0 Å². The minimum atomic E-state index is -3.82. The lowest BCUT2D eigenvalue weighted by molar-refractivity contribution is -0.0508. The van der Waals surface area contributed by atoms with Crippen molar-refractivity contribution >= 4 is 10.0 Å². The number of nitrogens with zero attached hydrogens (tertiary/aromatic N) is 3. The Bertz CT molecular complexity index is 1240. The molecule has 0 bridgehead atoms. The molecule has 0 aliphatic carbocycles. The van der Waals surface area contributed by atoms with Gasteiger partial charge in [-0.1, -0.05) is 30.3 Å². The molecule has 0 N–H and O–H groups in total. The lowest BCUT2D eigenvalue weighted by Crippen LogP contribution is -2.46. The van der Waals surface area contributed by atoms with E-state index in [4.69, 9.17) is 4.74 Å². The first-order valence-electron chi connectivity index (χ1n) is 11.7. The Morgan fingerprint density at radius 3 is 2.56 bits per heavy atom. The first-order chi connectivity index (χ1) is 17.4. The molecule has 0 unspecified atom stereocenters. The van der Waals surface area contributed by atoms with Crippen LogP contribution in [0.1, 0.15) is 24.0 Å². The normalized spacial score (nSPS) is 15.4. The third-order valence-corrected chi connectivity index (χ3v) is 8.15. The molecule has 36 heavy (non-hydrogen) atoms. The molecular formula is C26H29F2N3O4S. The van der Waals surface area contributed by atoms with Crippen molar-refractivity contribution in [3.05, 3.63) is 84.2 Å². The van der Waals surface area contributed by atoms with Crippen LogP contribution in [0.4, 0.5) is 8.78 Å². The smallest absolute Gasteiger partial charge is 0.387 e. The summed E-state index contributed by atoms with van der Waals surface area (Å²) in [4.78, 5) is 6.44. The van der Waals surface area contributed by atoms with Crippen molar-refractivity contribution in [3.63, 3.8) is 0 Å². The molecular weight excluding hydrogens is 488 g/mol. The summed E-state index contributed by atoms with van der Waals surface area (Å²) in [6.45, 7) is -1.01. The number of aromatic nitrogens is 1. The maximum atomic E-state index is 13.8. The second kappa shape index (κ2) is 11.8. The second-order valence-electron chi connectivity index (χ2n) is 8.58. The van der Waals surface area contributed by atoms with Gasteiger partial charge in [0.25, 0.3) is 0 Å². The van der Waals surface area contributed by atoms with Crippen LogP contribution in [0.25, 0.3) is 0 Å². The number of halogens is 2. The predicted octanol–water partition coefficient (Wildman–Crippen LogP) is 4.55. The molecule has 1 aromatic heterocycles. The lowest BCUT2D eigenvalue weighted by atomic mass is 10.0. The van der Waals surface area contributed by atoms with E-state index in [1.165, 1.54) is 19.2 Å². The third kappa shape index (κ3) is 6.37. The number of pyridine rings is 1. The minimum absolute atomic E-state index is 0.161. The average Bonchev–Trinajstić information content (AvgIpc) is 2.89. The average molecular weight is 518 g/mol. The molecule has 0 radical (unpaired) electrons. The first-order valence-corrected chi connectivity index (χ1v) is 13.1. The number of ether oxygens (including phenoxy) is 2. The third-order valence-electron chi connectivity index (χ3n) is 6.26. The van der Waals surface area contributed by atoms with Crippen molar-refractivity contribution < 1.29 is 26.7 Å². The fourth-order valence-corrected chi connectivity index (χ4v) is 6.14. The Kier molecular flexibility index (Phi) is 8.50. The summed E-state index contributed by atoms with van der Waals surface area (Å²) in [6.07, 6.45) is 4.52. The van der Waals surface area contributed by atoms with Gasteiger partial charge in [-0.15, -0.1) is 0 Å². The van der Waals surface area contributed by atoms with E-state index in [1.807, 2.05) is 6.07 Å². The molecule has 1 aliphatic rings. The van der Waals surface area contributed by atoms with Crippen molar-refractivity contribution in [2.45, 2.75) is 43.5 Å². The van der Waals surface area contributed by atoms with Crippen molar-refractivity contribution in [2.24, 2.45) is 0 Å². The number of sulfonamides is 1. The number of benzene rings is 2. The van der Waals surface area contributed by atoms with E-state index in [1.54, 1.807) is 59.2 Å². The van der Waals surface area contributed by atoms with Crippen LogP contribution in [0.15, 0.2) is 78.0 Å². The van der Waals surface area contributed by atoms with Crippen LogP contribution < -0.4 is 9.47 Å². The maximum absolute atomic E-state index is 13.8. The first kappa shape index (κ1) is 26.0. The summed E-state index contributed by atoms with van der Waals surface area (Å²) in [5, 5.41) is 0. The molecule has 7 nitrogen and oxygen atoms in total. The minimum Gasteiger partial charge on any atom is -0.497 e. The summed E-state index contributed by atoms with van der Waals surface area (Å²) in [5.74, 6) is 0.630. The summed E-state index contributed by atoms with van der Waals surface area (Å²) in [5.41, 5.74) is 1.47. The number of hydrogen-bond acceptors (Lipinski definition) is 6. The van der Waals surface area contributed by atoms with E-state index in [9.17, 15) is 17.2 Å². The number of para-hydroxylation sites is 1. The molecule has 4 rings (SSSR count). The Labute approximate surface area is 210 Å². The van der Waals surface area contributed by atoms with Crippen molar-refractivity contribution in [3.8, 4) is 11.5 Å². The number of hydrogen-bond donors (Lipinski definition) is 0. The lowest BCUT2D eigenvalue weighted by Gasteiger charge is -2.38. The quantitative estimate of drug-likeness (QED) is 0.393. The number of likely N-dealkylation sites (tertiary alicyclic amines) is 1.